The predicted molar refractivity (Wildman–Crippen MR) is 104 cm³/mol. The molecule has 0 N–H and O–H groups in total. The van der Waals surface area contributed by atoms with E-state index in [1.165, 1.54) is 18.9 Å². The minimum atomic E-state index is -0.443. The number of nitrogens with zero attached hydrogens (tertiary/aromatic N) is 2. The summed E-state index contributed by atoms with van der Waals surface area (Å²) in [5, 5.41) is 0.640. The van der Waals surface area contributed by atoms with Crippen LogP contribution in [0, 0.1) is 13.8 Å². The highest BCUT2D eigenvalue weighted by Gasteiger charge is 2.15. The molecule has 0 aliphatic carbocycles. The number of benzene rings is 2. The van der Waals surface area contributed by atoms with Gasteiger partial charge >= 0.3 is 5.97 Å². The fraction of sp³-hybridized carbons (Fsp3) is 0.190. The van der Waals surface area contributed by atoms with E-state index in [1.807, 2.05) is 56.3 Å². The standard InChI is InChI=1S/C21H20N2O3S/c1-14-11-15(2)23-21(22-14)27-17-9-10-19(18(12-17)20(24)25-3)26-13-16-7-5-4-6-8-16/h4-12H,13H2,1-3H3. The van der Waals surface area contributed by atoms with Crippen molar-refractivity contribution in [1.82, 2.24) is 9.97 Å². The van der Waals surface area contributed by atoms with E-state index in [0.717, 1.165) is 21.8 Å². The Morgan fingerprint density at radius 3 is 2.37 bits per heavy atom. The number of hydrogen-bond donors (Lipinski definition) is 0. The van der Waals surface area contributed by atoms with E-state index in [0.29, 0.717) is 23.1 Å². The Morgan fingerprint density at radius 1 is 1.00 bits per heavy atom. The van der Waals surface area contributed by atoms with Crippen LogP contribution in [0.4, 0.5) is 0 Å². The molecule has 0 saturated carbocycles. The SMILES string of the molecule is COC(=O)c1cc(Sc2nc(C)cc(C)n2)ccc1OCc1ccccc1. The average molecular weight is 380 g/mol. The molecule has 1 aromatic heterocycles. The zero-order chi connectivity index (χ0) is 19.2. The maximum absolute atomic E-state index is 12.2. The molecule has 0 radical (unpaired) electrons. The molecule has 27 heavy (non-hydrogen) atoms. The van der Waals surface area contributed by atoms with E-state index in [2.05, 4.69) is 9.97 Å². The number of methoxy groups -OCH3 is 1. The minimum Gasteiger partial charge on any atom is -0.488 e. The first kappa shape index (κ1) is 18.9. The second-order valence-corrected chi connectivity index (χ2v) is 7.00. The third-order valence-corrected chi connectivity index (χ3v) is 4.62. The molecule has 1 heterocycles. The van der Waals surface area contributed by atoms with Gasteiger partial charge in [0.1, 0.15) is 17.9 Å². The van der Waals surface area contributed by atoms with Gasteiger partial charge in [-0.2, -0.15) is 0 Å². The lowest BCUT2D eigenvalue weighted by Gasteiger charge is -2.12. The number of carbonyl (C=O) groups is 1. The van der Waals surface area contributed by atoms with Gasteiger partial charge in [-0.05, 0) is 55.4 Å². The number of rotatable bonds is 6. The topological polar surface area (TPSA) is 61.3 Å². The van der Waals surface area contributed by atoms with E-state index in [1.54, 1.807) is 12.1 Å². The molecule has 0 saturated heterocycles. The maximum Gasteiger partial charge on any atom is 0.341 e. The molecular weight excluding hydrogens is 360 g/mol. The molecule has 0 unspecified atom stereocenters. The number of hydrogen-bond acceptors (Lipinski definition) is 6. The quantitative estimate of drug-likeness (QED) is 0.460. The van der Waals surface area contributed by atoms with E-state index < -0.39 is 5.97 Å². The van der Waals surface area contributed by atoms with Crippen molar-refractivity contribution < 1.29 is 14.3 Å². The summed E-state index contributed by atoms with van der Waals surface area (Å²) in [6.45, 7) is 4.23. The first-order valence-electron chi connectivity index (χ1n) is 8.44. The molecule has 0 aliphatic heterocycles. The first-order valence-corrected chi connectivity index (χ1v) is 9.26. The smallest absolute Gasteiger partial charge is 0.341 e. The fourth-order valence-electron chi connectivity index (χ4n) is 2.55. The summed E-state index contributed by atoms with van der Waals surface area (Å²) in [7, 11) is 1.36. The maximum atomic E-state index is 12.2. The summed E-state index contributed by atoms with van der Waals surface area (Å²) in [4.78, 5) is 21.9. The summed E-state index contributed by atoms with van der Waals surface area (Å²) in [5.41, 5.74) is 3.21. The summed E-state index contributed by atoms with van der Waals surface area (Å²) in [6.07, 6.45) is 0. The Morgan fingerprint density at radius 2 is 1.70 bits per heavy atom. The van der Waals surface area contributed by atoms with Gasteiger partial charge in [-0.25, -0.2) is 14.8 Å². The third kappa shape index (κ3) is 5.08. The average Bonchev–Trinajstić information content (AvgIpc) is 2.66. The van der Waals surface area contributed by atoms with Crippen molar-refractivity contribution in [2.75, 3.05) is 7.11 Å². The molecule has 0 aliphatic rings. The van der Waals surface area contributed by atoms with Crippen molar-refractivity contribution in [3.8, 4) is 5.75 Å². The summed E-state index contributed by atoms with van der Waals surface area (Å²) in [6, 6.07) is 17.1. The molecule has 5 nitrogen and oxygen atoms in total. The fourth-order valence-corrected chi connectivity index (χ4v) is 3.45. The van der Waals surface area contributed by atoms with Crippen LogP contribution >= 0.6 is 11.8 Å². The van der Waals surface area contributed by atoms with Gasteiger partial charge in [-0.3, -0.25) is 0 Å². The Bertz CT molecular complexity index is 925. The Labute approximate surface area is 162 Å². The predicted octanol–water partition coefficient (Wildman–Crippen LogP) is 4.61. The summed E-state index contributed by atoms with van der Waals surface area (Å²) >= 11 is 1.40. The van der Waals surface area contributed by atoms with Crippen LogP contribution in [-0.2, 0) is 11.3 Å². The lowest BCUT2D eigenvalue weighted by Crippen LogP contribution is -2.06. The van der Waals surface area contributed by atoms with E-state index in [4.69, 9.17) is 9.47 Å². The van der Waals surface area contributed by atoms with Crippen molar-refractivity contribution in [1.29, 1.82) is 0 Å². The number of esters is 1. The lowest BCUT2D eigenvalue weighted by atomic mass is 10.2. The van der Waals surface area contributed by atoms with Gasteiger partial charge in [0.05, 0.1) is 7.11 Å². The number of carbonyl (C=O) groups excluding carboxylic acids is 1. The Balaban J connectivity index is 1.83. The van der Waals surface area contributed by atoms with Crippen LogP contribution in [0.15, 0.2) is 64.6 Å². The molecule has 0 atom stereocenters. The summed E-state index contributed by atoms with van der Waals surface area (Å²) in [5.74, 6) is 0.0400. The van der Waals surface area contributed by atoms with Crippen LogP contribution in [0.25, 0.3) is 0 Å². The molecule has 2 aromatic carbocycles. The van der Waals surface area contributed by atoms with Gasteiger partial charge in [0.25, 0.3) is 0 Å². The van der Waals surface area contributed by atoms with Crippen LogP contribution in [0.2, 0.25) is 0 Å². The van der Waals surface area contributed by atoms with Crippen molar-refractivity contribution >= 4 is 17.7 Å². The second kappa shape index (κ2) is 8.68. The van der Waals surface area contributed by atoms with Gasteiger partial charge in [0, 0.05) is 16.3 Å². The van der Waals surface area contributed by atoms with Crippen LogP contribution in [0.1, 0.15) is 27.3 Å². The van der Waals surface area contributed by atoms with E-state index >= 15 is 0 Å². The molecule has 0 amide bonds. The zero-order valence-electron chi connectivity index (χ0n) is 15.4. The Kier molecular flexibility index (Phi) is 6.08. The van der Waals surface area contributed by atoms with Crippen LogP contribution in [0.3, 0.4) is 0 Å². The molecule has 6 heteroatoms. The summed E-state index contributed by atoms with van der Waals surface area (Å²) < 4.78 is 10.8. The molecular formula is C21H20N2O3S. The van der Waals surface area contributed by atoms with Gasteiger partial charge < -0.3 is 9.47 Å². The number of ether oxygens (including phenoxy) is 2. The second-order valence-electron chi connectivity index (χ2n) is 5.96. The third-order valence-electron chi connectivity index (χ3n) is 3.76. The van der Waals surface area contributed by atoms with Crippen LogP contribution in [0.5, 0.6) is 5.75 Å². The van der Waals surface area contributed by atoms with Crippen molar-refractivity contribution in [3.63, 3.8) is 0 Å². The van der Waals surface area contributed by atoms with Crippen LogP contribution < -0.4 is 4.74 Å². The molecule has 138 valence electrons. The number of aromatic nitrogens is 2. The van der Waals surface area contributed by atoms with Crippen molar-refractivity contribution in [2.24, 2.45) is 0 Å². The largest absolute Gasteiger partial charge is 0.488 e. The zero-order valence-corrected chi connectivity index (χ0v) is 16.2. The highest BCUT2D eigenvalue weighted by Crippen LogP contribution is 2.30. The molecule has 0 fully saturated rings. The lowest BCUT2D eigenvalue weighted by molar-refractivity contribution is 0.0595. The first-order chi connectivity index (χ1) is 13.0. The van der Waals surface area contributed by atoms with E-state index in [9.17, 15) is 4.79 Å². The van der Waals surface area contributed by atoms with Gasteiger partial charge in [-0.15, -0.1) is 0 Å². The van der Waals surface area contributed by atoms with Gasteiger partial charge in [0.2, 0.25) is 0 Å². The minimum absolute atomic E-state index is 0.373. The van der Waals surface area contributed by atoms with E-state index in [-0.39, 0.29) is 0 Å². The molecule has 3 rings (SSSR count). The highest BCUT2D eigenvalue weighted by molar-refractivity contribution is 7.99. The van der Waals surface area contributed by atoms with Gasteiger partial charge in [-0.1, -0.05) is 30.3 Å². The number of aryl methyl sites for hydroxylation is 2. The molecule has 0 bridgehead atoms. The van der Waals surface area contributed by atoms with Crippen LogP contribution in [-0.4, -0.2) is 23.0 Å². The monoisotopic (exact) mass is 380 g/mol. The Hall–Kier alpha value is -2.86. The highest BCUT2D eigenvalue weighted by atomic mass is 32.2. The normalized spacial score (nSPS) is 10.5. The molecule has 3 aromatic rings. The van der Waals surface area contributed by atoms with Crippen molar-refractivity contribution in [3.05, 3.63) is 77.1 Å². The van der Waals surface area contributed by atoms with Crippen molar-refractivity contribution in [2.45, 2.75) is 30.5 Å². The molecule has 0 spiro atoms. The van der Waals surface area contributed by atoms with Gasteiger partial charge in [0.15, 0.2) is 5.16 Å².